The summed E-state index contributed by atoms with van der Waals surface area (Å²) in [5, 5.41) is 0. The Kier molecular flexibility index (Phi) is 3.20. The van der Waals surface area contributed by atoms with Crippen molar-refractivity contribution in [2.75, 3.05) is 0 Å². The third-order valence-corrected chi connectivity index (χ3v) is 2.82. The number of halogens is 1. The highest BCUT2D eigenvalue weighted by Crippen LogP contribution is 2.22. The molecule has 0 bridgehead atoms. The normalized spacial score (nSPS) is 12.5. The van der Waals surface area contributed by atoms with E-state index in [4.69, 9.17) is 5.73 Å². The van der Waals surface area contributed by atoms with Gasteiger partial charge in [0.25, 0.3) is 0 Å². The highest BCUT2D eigenvalue weighted by molar-refractivity contribution is 5.35. The molecule has 0 aliphatic heterocycles. The van der Waals surface area contributed by atoms with Gasteiger partial charge in [-0.3, -0.25) is 4.98 Å². The fourth-order valence-corrected chi connectivity index (χ4v) is 1.88. The van der Waals surface area contributed by atoms with Crippen molar-refractivity contribution in [1.29, 1.82) is 0 Å². The molecular weight excluding hydrogens is 215 g/mol. The second kappa shape index (κ2) is 4.63. The third-order valence-electron chi connectivity index (χ3n) is 2.82. The van der Waals surface area contributed by atoms with Crippen LogP contribution in [0.5, 0.6) is 0 Å². The van der Waals surface area contributed by atoms with Gasteiger partial charge >= 0.3 is 0 Å². The van der Waals surface area contributed by atoms with Gasteiger partial charge < -0.3 is 5.73 Å². The van der Waals surface area contributed by atoms with Crippen LogP contribution >= 0.6 is 0 Å². The van der Waals surface area contributed by atoms with Crippen molar-refractivity contribution in [1.82, 2.24) is 4.98 Å². The topological polar surface area (TPSA) is 38.9 Å². The zero-order valence-electron chi connectivity index (χ0n) is 9.94. The first-order valence-corrected chi connectivity index (χ1v) is 5.52. The maximum Gasteiger partial charge on any atom is 0.123 e. The predicted octanol–water partition coefficient (Wildman–Crippen LogP) is 2.89. The lowest BCUT2D eigenvalue weighted by Gasteiger charge is -2.14. The van der Waals surface area contributed by atoms with E-state index in [2.05, 4.69) is 4.98 Å². The first-order chi connectivity index (χ1) is 8.08. The molecule has 1 heterocycles. The molecule has 17 heavy (non-hydrogen) atoms. The van der Waals surface area contributed by atoms with Gasteiger partial charge in [0.2, 0.25) is 0 Å². The largest absolute Gasteiger partial charge is 0.319 e. The quantitative estimate of drug-likeness (QED) is 0.861. The molecule has 2 nitrogen and oxygen atoms in total. The number of hydrogen-bond acceptors (Lipinski definition) is 2. The Morgan fingerprint density at radius 1 is 1.18 bits per heavy atom. The van der Waals surface area contributed by atoms with Gasteiger partial charge in [0.05, 0.1) is 11.7 Å². The summed E-state index contributed by atoms with van der Waals surface area (Å²) in [6.45, 7) is 3.85. The average molecular weight is 230 g/mol. The molecule has 3 heteroatoms. The lowest BCUT2D eigenvalue weighted by Crippen LogP contribution is -2.15. The zero-order chi connectivity index (χ0) is 12.4. The zero-order valence-corrected chi connectivity index (χ0v) is 9.94. The summed E-state index contributed by atoms with van der Waals surface area (Å²) in [4.78, 5) is 4.26. The molecule has 0 saturated heterocycles. The molecule has 0 saturated carbocycles. The Morgan fingerprint density at radius 3 is 2.59 bits per heavy atom. The van der Waals surface area contributed by atoms with Crippen molar-refractivity contribution >= 4 is 0 Å². The van der Waals surface area contributed by atoms with Crippen LogP contribution in [-0.4, -0.2) is 4.98 Å². The fourth-order valence-electron chi connectivity index (χ4n) is 1.88. The summed E-state index contributed by atoms with van der Waals surface area (Å²) in [7, 11) is 0. The summed E-state index contributed by atoms with van der Waals surface area (Å²) < 4.78 is 13.0. The van der Waals surface area contributed by atoms with Crippen molar-refractivity contribution < 1.29 is 4.39 Å². The van der Waals surface area contributed by atoms with Gasteiger partial charge in [-0.05, 0) is 54.8 Å². The van der Waals surface area contributed by atoms with Crippen LogP contribution in [0.1, 0.15) is 28.4 Å². The Balaban J connectivity index is 2.40. The van der Waals surface area contributed by atoms with Crippen molar-refractivity contribution in [2.45, 2.75) is 19.9 Å². The molecular formula is C14H15FN2. The van der Waals surface area contributed by atoms with E-state index in [1.807, 2.05) is 26.0 Å². The van der Waals surface area contributed by atoms with E-state index in [1.165, 1.54) is 12.1 Å². The lowest BCUT2D eigenvalue weighted by molar-refractivity contribution is 0.624. The first-order valence-electron chi connectivity index (χ1n) is 5.52. The van der Waals surface area contributed by atoms with Crippen molar-refractivity contribution in [3.05, 3.63) is 64.7 Å². The highest BCUT2D eigenvalue weighted by Gasteiger charge is 2.13. The summed E-state index contributed by atoms with van der Waals surface area (Å²) in [6, 6.07) is 8.21. The fraction of sp³-hybridized carbons (Fsp3) is 0.214. The molecule has 1 unspecified atom stereocenters. The SMILES string of the molecule is Cc1ccnc(C(N)c2ccc(F)cc2C)c1. The van der Waals surface area contributed by atoms with Crippen LogP contribution in [-0.2, 0) is 0 Å². The van der Waals surface area contributed by atoms with Gasteiger partial charge in [-0.1, -0.05) is 6.07 Å². The van der Waals surface area contributed by atoms with E-state index in [1.54, 1.807) is 12.3 Å². The standard InChI is InChI=1S/C14H15FN2/c1-9-5-6-17-13(7-9)14(16)12-4-3-11(15)8-10(12)2/h3-8,14H,16H2,1-2H3. The Labute approximate surface area is 100 Å². The molecule has 0 aliphatic rings. The number of rotatable bonds is 2. The van der Waals surface area contributed by atoms with E-state index >= 15 is 0 Å². The maximum atomic E-state index is 13.0. The molecule has 1 aromatic carbocycles. The minimum absolute atomic E-state index is 0.240. The Bertz CT molecular complexity index is 537. The van der Waals surface area contributed by atoms with Crippen LogP contribution in [0.4, 0.5) is 4.39 Å². The van der Waals surface area contributed by atoms with Gasteiger partial charge in [-0.2, -0.15) is 0 Å². The van der Waals surface area contributed by atoms with E-state index in [9.17, 15) is 4.39 Å². The van der Waals surface area contributed by atoms with E-state index in [0.717, 1.165) is 22.4 Å². The minimum Gasteiger partial charge on any atom is -0.319 e. The Morgan fingerprint density at radius 2 is 1.94 bits per heavy atom. The smallest absolute Gasteiger partial charge is 0.123 e. The summed E-state index contributed by atoms with van der Waals surface area (Å²) >= 11 is 0. The van der Waals surface area contributed by atoms with Crippen LogP contribution in [0.2, 0.25) is 0 Å². The number of nitrogens with two attached hydrogens (primary N) is 1. The number of nitrogens with zero attached hydrogens (tertiary/aromatic N) is 1. The van der Waals surface area contributed by atoms with Gasteiger partial charge in [0.15, 0.2) is 0 Å². The third kappa shape index (κ3) is 2.50. The molecule has 1 aromatic heterocycles. The lowest BCUT2D eigenvalue weighted by atomic mass is 9.98. The molecule has 88 valence electrons. The molecule has 0 radical (unpaired) electrons. The maximum absolute atomic E-state index is 13.0. The van der Waals surface area contributed by atoms with Crippen LogP contribution in [0.3, 0.4) is 0 Å². The van der Waals surface area contributed by atoms with Crippen molar-refractivity contribution in [2.24, 2.45) is 5.73 Å². The van der Waals surface area contributed by atoms with Crippen LogP contribution in [0.15, 0.2) is 36.5 Å². The molecule has 0 aliphatic carbocycles. The number of hydrogen-bond donors (Lipinski definition) is 1. The number of pyridine rings is 1. The van der Waals surface area contributed by atoms with Crippen molar-refractivity contribution in [3.8, 4) is 0 Å². The molecule has 0 fully saturated rings. The summed E-state index contributed by atoms with van der Waals surface area (Å²) in [6.07, 6.45) is 1.74. The average Bonchev–Trinajstić information content (AvgIpc) is 2.28. The first kappa shape index (κ1) is 11.7. The molecule has 0 amide bonds. The van der Waals surface area contributed by atoms with Crippen LogP contribution in [0.25, 0.3) is 0 Å². The molecule has 1 atom stereocenters. The van der Waals surface area contributed by atoms with Crippen LogP contribution < -0.4 is 5.73 Å². The molecule has 2 aromatic rings. The molecule has 2 rings (SSSR count). The Hall–Kier alpha value is -1.74. The number of aryl methyl sites for hydroxylation is 2. The van der Waals surface area contributed by atoms with E-state index < -0.39 is 0 Å². The minimum atomic E-state index is -0.310. The molecule has 2 N–H and O–H groups in total. The van der Waals surface area contributed by atoms with E-state index in [0.29, 0.717) is 0 Å². The highest BCUT2D eigenvalue weighted by atomic mass is 19.1. The summed E-state index contributed by atoms with van der Waals surface area (Å²) in [5.41, 5.74) is 9.83. The van der Waals surface area contributed by atoms with Gasteiger partial charge in [0.1, 0.15) is 5.82 Å². The monoisotopic (exact) mass is 230 g/mol. The van der Waals surface area contributed by atoms with Gasteiger partial charge in [-0.15, -0.1) is 0 Å². The number of benzene rings is 1. The predicted molar refractivity (Wildman–Crippen MR) is 66.1 cm³/mol. The van der Waals surface area contributed by atoms with Gasteiger partial charge in [-0.25, -0.2) is 4.39 Å². The van der Waals surface area contributed by atoms with Crippen LogP contribution in [0, 0.1) is 19.7 Å². The number of aromatic nitrogens is 1. The van der Waals surface area contributed by atoms with E-state index in [-0.39, 0.29) is 11.9 Å². The molecule has 0 spiro atoms. The second-order valence-corrected chi connectivity index (χ2v) is 4.24. The second-order valence-electron chi connectivity index (χ2n) is 4.24. The van der Waals surface area contributed by atoms with Crippen molar-refractivity contribution in [3.63, 3.8) is 0 Å². The van der Waals surface area contributed by atoms with Gasteiger partial charge in [0, 0.05) is 6.20 Å². The summed E-state index contributed by atoms with van der Waals surface area (Å²) in [5.74, 6) is -0.240.